The number of anilines is 1. The highest BCUT2D eigenvalue weighted by Gasteiger charge is 2.34. The van der Waals surface area contributed by atoms with Crippen LogP contribution in [0.2, 0.25) is 0 Å². The molecule has 5 rings (SSSR count). The van der Waals surface area contributed by atoms with Crippen LogP contribution in [0, 0.1) is 11.6 Å². The number of nitrogens with zero attached hydrogens (tertiary/aromatic N) is 3. The number of benzene rings is 3. The van der Waals surface area contributed by atoms with Crippen LogP contribution < -0.4 is 10.2 Å². The Kier molecular flexibility index (Phi) is 6.13. The molecule has 4 aromatic rings. The second kappa shape index (κ2) is 9.38. The zero-order chi connectivity index (χ0) is 24.5. The van der Waals surface area contributed by atoms with E-state index in [9.17, 15) is 8.78 Å². The molecule has 2 heterocycles. The van der Waals surface area contributed by atoms with E-state index in [2.05, 4.69) is 34.5 Å². The third-order valence-electron chi connectivity index (χ3n) is 6.03. The summed E-state index contributed by atoms with van der Waals surface area (Å²) in [6.45, 7) is 4.01. The van der Waals surface area contributed by atoms with Gasteiger partial charge in [-0.05, 0) is 73.1 Å². The van der Waals surface area contributed by atoms with Gasteiger partial charge < -0.3 is 9.84 Å². The van der Waals surface area contributed by atoms with Crippen molar-refractivity contribution in [2.75, 3.05) is 4.90 Å². The third kappa shape index (κ3) is 4.44. The highest BCUT2D eigenvalue weighted by Crippen LogP contribution is 2.39. The molecule has 1 N–H and O–H groups in total. The van der Waals surface area contributed by atoms with Crippen molar-refractivity contribution in [3.63, 3.8) is 0 Å². The lowest BCUT2D eigenvalue weighted by Gasteiger charge is -2.37. The Morgan fingerprint density at radius 1 is 1.00 bits per heavy atom. The number of hydrogen-bond donors (Lipinski definition) is 1. The second-order valence-electron chi connectivity index (χ2n) is 8.22. The van der Waals surface area contributed by atoms with E-state index in [1.165, 1.54) is 29.8 Å². The number of hydrogen-bond acceptors (Lipinski definition) is 4. The highest BCUT2D eigenvalue weighted by atomic mass is 32.1. The predicted molar refractivity (Wildman–Crippen MR) is 135 cm³/mol. The second-order valence-corrected chi connectivity index (χ2v) is 8.61. The van der Waals surface area contributed by atoms with Crippen molar-refractivity contribution in [1.29, 1.82) is 0 Å². The van der Waals surface area contributed by atoms with Crippen molar-refractivity contribution < 1.29 is 13.3 Å². The summed E-state index contributed by atoms with van der Waals surface area (Å²) in [5, 5.41) is 7.96. The van der Waals surface area contributed by atoms with Crippen molar-refractivity contribution in [2.24, 2.45) is 0 Å². The molecule has 176 valence electrons. The summed E-state index contributed by atoms with van der Waals surface area (Å²) in [5.74, 6) is -0.155. The number of nitrogens with one attached hydrogen (secondary N) is 1. The van der Waals surface area contributed by atoms with Gasteiger partial charge >= 0.3 is 0 Å². The number of aromatic nitrogens is 2. The quantitative estimate of drug-likeness (QED) is 0.326. The molecule has 1 atom stereocenters. The molecule has 35 heavy (non-hydrogen) atoms. The molecule has 1 aromatic heterocycles. The number of thiocarbonyl (C=S) groups is 1. The van der Waals surface area contributed by atoms with Gasteiger partial charge in [0.15, 0.2) is 5.11 Å². The Hall–Kier alpha value is -3.91. The van der Waals surface area contributed by atoms with E-state index in [0.29, 0.717) is 16.4 Å². The third-order valence-corrected chi connectivity index (χ3v) is 6.33. The van der Waals surface area contributed by atoms with Gasteiger partial charge in [-0.25, -0.2) is 8.78 Å². The molecular formula is C27H22F2N4OS. The normalized spacial score (nSPS) is 15.9. The van der Waals surface area contributed by atoms with Crippen molar-refractivity contribution in [3.8, 4) is 11.4 Å². The fraction of sp³-hybridized carbons (Fsp3) is 0.148. The van der Waals surface area contributed by atoms with Crippen LogP contribution in [0.25, 0.3) is 17.0 Å². The molecule has 1 unspecified atom stereocenters. The van der Waals surface area contributed by atoms with Gasteiger partial charge in [0.05, 0.1) is 11.6 Å². The molecule has 5 nitrogen and oxygen atoms in total. The Morgan fingerprint density at radius 3 is 2.43 bits per heavy atom. The van der Waals surface area contributed by atoms with Gasteiger partial charge in [-0.2, -0.15) is 4.98 Å². The van der Waals surface area contributed by atoms with Crippen LogP contribution in [0.3, 0.4) is 0 Å². The van der Waals surface area contributed by atoms with Gasteiger partial charge in [0.1, 0.15) is 11.6 Å². The molecular weight excluding hydrogens is 466 g/mol. The van der Waals surface area contributed by atoms with Crippen LogP contribution in [0.5, 0.6) is 0 Å². The monoisotopic (exact) mass is 488 g/mol. The van der Waals surface area contributed by atoms with Gasteiger partial charge in [0.2, 0.25) is 5.82 Å². The predicted octanol–water partition coefficient (Wildman–Crippen LogP) is 6.44. The minimum atomic E-state index is -0.384. The molecule has 0 fully saturated rings. The maximum Gasteiger partial charge on any atom is 0.258 e. The molecule has 0 saturated heterocycles. The topological polar surface area (TPSA) is 54.2 Å². The summed E-state index contributed by atoms with van der Waals surface area (Å²) in [7, 11) is 0. The minimum absolute atomic E-state index is 0.279. The van der Waals surface area contributed by atoms with Crippen LogP contribution in [0.15, 0.2) is 83.0 Å². The lowest BCUT2D eigenvalue weighted by Crippen LogP contribution is -2.46. The van der Waals surface area contributed by atoms with Gasteiger partial charge in [-0.1, -0.05) is 48.5 Å². The lowest BCUT2D eigenvalue weighted by atomic mass is 9.93. The number of rotatable bonds is 5. The number of aryl methyl sites for hydroxylation is 1. The molecule has 0 radical (unpaired) electrons. The van der Waals surface area contributed by atoms with Crippen molar-refractivity contribution in [3.05, 3.63) is 107 Å². The molecule has 0 bridgehead atoms. The molecule has 0 spiro atoms. The van der Waals surface area contributed by atoms with E-state index in [1.54, 1.807) is 24.3 Å². The Labute approximate surface area is 207 Å². The van der Waals surface area contributed by atoms with Gasteiger partial charge in [-0.3, -0.25) is 4.90 Å². The molecule has 3 aromatic carbocycles. The van der Waals surface area contributed by atoms with Crippen molar-refractivity contribution in [1.82, 2.24) is 15.5 Å². The van der Waals surface area contributed by atoms with E-state index in [1.807, 2.05) is 24.0 Å². The fourth-order valence-electron chi connectivity index (χ4n) is 4.19. The first-order valence-electron chi connectivity index (χ1n) is 11.2. The summed E-state index contributed by atoms with van der Waals surface area (Å²) in [6.07, 6.45) is 0.928. The maximum atomic E-state index is 13.8. The molecule has 1 aliphatic heterocycles. The largest absolute Gasteiger partial charge is 0.351 e. The SMILES string of the molecule is CCc1ccc(C2NC(=S)N(c3ccc(F)cc3)C(C)=C2c2nc(-c3cccc(F)c3)no2)cc1. The van der Waals surface area contributed by atoms with E-state index in [-0.39, 0.29) is 29.4 Å². The maximum absolute atomic E-state index is 13.8. The number of halogens is 2. The van der Waals surface area contributed by atoms with E-state index in [0.717, 1.165) is 23.3 Å². The van der Waals surface area contributed by atoms with Gasteiger partial charge in [0, 0.05) is 16.9 Å². The van der Waals surface area contributed by atoms with Crippen LogP contribution in [-0.4, -0.2) is 15.3 Å². The zero-order valence-corrected chi connectivity index (χ0v) is 19.9. The zero-order valence-electron chi connectivity index (χ0n) is 19.1. The van der Waals surface area contributed by atoms with E-state index >= 15 is 0 Å². The standard InChI is InChI=1S/C27H22F2N4OS/c1-3-17-7-9-18(10-8-17)24-23(26-31-25(32-34-26)19-5-4-6-21(29)15-19)16(2)33(27(35)30-24)22-13-11-20(28)12-14-22/h4-15,24H,3H2,1-2H3,(H,30,35). The van der Waals surface area contributed by atoms with Crippen LogP contribution >= 0.6 is 12.2 Å². The summed E-state index contributed by atoms with van der Waals surface area (Å²) >= 11 is 5.72. The smallest absolute Gasteiger partial charge is 0.258 e. The van der Waals surface area contributed by atoms with E-state index < -0.39 is 0 Å². The Morgan fingerprint density at radius 2 is 1.74 bits per heavy atom. The lowest BCUT2D eigenvalue weighted by molar-refractivity contribution is 0.404. The first-order chi connectivity index (χ1) is 16.9. The number of allylic oxidation sites excluding steroid dienone is 1. The summed E-state index contributed by atoms with van der Waals surface area (Å²) in [6, 6.07) is 20.0. The average molecular weight is 489 g/mol. The summed E-state index contributed by atoms with van der Waals surface area (Å²) < 4.78 is 33.1. The first kappa shape index (κ1) is 22.9. The van der Waals surface area contributed by atoms with Crippen molar-refractivity contribution >= 4 is 28.6 Å². The summed E-state index contributed by atoms with van der Waals surface area (Å²) in [5.41, 5.74) is 4.89. The molecule has 0 saturated carbocycles. The first-order valence-corrected chi connectivity index (χ1v) is 11.6. The summed E-state index contributed by atoms with van der Waals surface area (Å²) in [4.78, 5) is 6.41. The molecule has 1 aliphatic rings. The fourth-order valence-corrected chi connectivity index (χ4v) is 4.55. The molecule has 0 aliphatic carbocycles. The van der Waals surface area contributed by atoms with Crippen LogP contribution in [0.1, 0.15) is 36.9 Å². The van der Waals surface area contributed by atoms with Crippen molar-refractivity contribution in [2.45, 2.75) is 26.3 Å². The Bertz CT molecular complexity index is 1410. The van der Waals surface area contributed by atoms with Gasteiger partial charge in [-0.15, -0.1) is 0 Å². The minimum Gasteiger partial charge on any atom is -0.351 e. The van der Waals surface area contributed by atoms with Crippen LogP contribution in [0.4, 0.5) is 14.5 Å². The Balaban J connectivity index is 1.64. The van der Waals surface area contributed by atoms with Gasteiger partial charge in [0.25, 0.3) is 5.89 Å². The molecule has 8 heteroatoms. The van der Waals surface area contributed by atoms with Crippen LogP contribution in [-0.2, 0) is 6.42 Å². The molecule has 0 amide bonds. The highest BCUT2D eigenvalue weighted by molar-refractivity contribution is 7.80. The average Bonchev–Trinajstić information content (AvgIpc) is 3.35. The van der Waals surface area contributed by atoms with E-state index in [4.69, 9.17) is 16.7 Å².